The van der Waals surface area contributed by atoms with Gasteiger partial charge in [0.2, 0.25) is 17.7 Å². The zero-order valence-corrected chi connectivity index (χ0v) is 27.4. The Kier molecular flexibility index (Phi) is 8.33. The fourth-order valence-electron chi connectivity index (χ4n) is 5.91. The second kappa shape index (κ2) is 12.0. The van der Waals surface area contributed by atoms with E-state index in [9.17, 15) is 32.3 Å². The lowest BCUT2D eigenvalue weighted by molar-refractivity contribution is -0.137. The lowest BCUT2D eigenvalue weighted by Crippen LogP contribution is -2.33. The predicted octanol–water partition coefficient (Wildman–Crippen LogP) is 6.67. The largest absolute Gasteiger partial charge is 0.497 e. The van der Waals surface area contributed by atoms with Crippen molar-refractivity contribution in [2.45, 2.75) is 55.1 Å². The molecule has 3 unspecified atom stereocenters. The Morgan fingerprint density at radius 3 is 2.21 bits per heavy atom. The number of halogens is 3. The van der Waals surface area contributed by atoms with Crippen molar-refractivity contribution in [1.29, 1.82) is 0 Å². The van der Waals surface area contributed by atoms with Crippen molar-refractivity contribution < 1.29 is 32.3 Å². The number of ether oxygens (including phenoxy) is 1. The van der Waals surface area contributed by atoms with Crippen molar-refractivity contribution in [2.75, 3.05) is 17.3 Å². The Morgan fingerprint density at radius 1 is 0.915 bits per heavy atom. The van der Waals surface area contributed by atoms with Crippen LogP contribution in [0.5, 0.6) is 5.75 Å². The van der Waals surface area contributed by atoms with E-state index in [0.717, 1.165) is 51.3 Å². The molecule has 0 aliphatic carbocycles. The number of nitrogens with one attached hydrogen (secondary N) is 1. The Balaban J connectivity index is 1.39. The van der Waals surface area contributed by atoms with Crippen LogP contribution in [0.3, 0.4) is 0 Å². The summed E-state index contributed by atoms with van der Waals surface area (Å²) in [5.74, 6) is -2.48. The standard InChI is InChI=1S/C34H30F3N3O5S2/c1-33(2,3)19-10-8-18(9-11-19)25-26-27(30(43)40(29(26)42)22-12-14-23(45-4)15-13-22)46-31-28(25)47-32(44)39(31)17-24(41)38-21-7-5-6-20(16-21)34(35,36)37/h5-16,25-27H,17H2,1-4H3,(H,38,41). The molecule has 0 bridgehead atoms. The predicted molar refractivity (Wildman–Crippen MR) is 174 cm³/mol. The molecule has 1 aromatic heterocycles. The molecular formula is C34H30F3N3O5S2. The second-order valence-corrected chi connectivity index (χ2v) is 14.5. The maximum Gasteiger partial charge on any atom is 0.416 e. The van der Waals surface area contributed by atoms with Crippen LogP contribution in [0, 0.1) is 5.92 Å². The van der Waals surface area contributed by atoms with Crippen LogP contribution in [0.25, 0.3) is 0 Å². The number of carbonyl (C=O) groups excluding carboxylic acids is 3. The van der Waals surface area contributed by atoms with E-state index in [1.807, 2.05) is 24.3 Å². The first-order valence-corrected chi connectivity index (χ1v) is 16.4. The van der Waals surface area contributed by atoms with Crippen LogP contribution >= 0.6 is 23.1 Å². The summed E-state index contributed by atoms with van der Waals surface area (Å²) in [7, 11) is 1.51. The molecule has 0 radical (unpaired) electrons. The molecule has 2 aliphatic rings. The van der Waals surface area contributed by atoms with E-state index in [-0.39, 0.29) is 11.1 Å². The van der Waals surface area contributed by atoms with Gasteiger partial charge in [0.25, 0.3) is 0 Å². The van der Waals surface area contributed by atoms with Crippen LogP contribution in [0.15, 0.2) is 82.6 Å². The van der Waals surface area contributed by atoms with Gasteiger partial charge in [-0.15, -0.1) is 0 Å². The number of alkyl halides is 3. The first-order chi connectivity index (χ1) is 22.2. The highest BCUT2D eigenvalue weighted by Crippen LogP contribution is 2.54. The molecule has 47 heavy (non-hydrogen) atoms. The molecule has 0 spiro atoms. The van der Waals surface area contributed by atoms with E-state index >= 15 is 0 Å². The minimum atomic E-state index is -4.59. The number of hydrogen-bond donors (Lipinski definition) is 1. The topological polar surface area (TPSA) is 97.7 Å². The van der Waals surface area contributed by atoms with E-state index in [1.165, 1.54) is 23.8 Å². The van der Waals surface area contributed by atoms with Gasteiger partial charge in [0.1, 0.15) is 17.5 Å². The average Bonchev–Trinajstić information content (AvgIpc) is 3.46. The number of rotatable bonds is 6. The van der Waals surface area contributed by atoms with Crippen molar-refractivity contribution >= 4 is 52.2 Å². The van der Waals surface area contributed by atoms with Crippen molar-refractivity contribution in [1.82, 2.24) is 4.57 Å². The zero-order valence-electron chi connectivity index (χ0n) is 25.8. The monoisotopic (exact) mass is 681 g/mol. The number of hydrogen-bond acceptors (Lipinski definition) is 7. The highest BCUT2D eigenvalue weighted by molar-refractivity contribution is 8.00. The molecule has 3 atom stereocenters. The summed E-state index contributed by atoms with van der Waals surface area (Å²) in [5.41, 5.74) is 1.06. The number of fused-ring (bicyclic) bond motifs is 2. The Hall–Kier alpha value is -4.36. The summed E-state index contributed by atoms with van der Waals surface area (Å²) in [5, 5.41) is 1.93. The van der Waals surface area contributed by atoms with Gasteiger partial charge in [-0.05, 0) is 59.0 Å². The van der Waals surface area contributed by atoms with Crippen molar-refractivity contribution in [3.8, 4) is 5.75 Å². The Morgan fingerprint density at radius 2 is 1.60 bits per heavy atom. The summed E-state index contributed by atoms with van der Waals surface area (Å²) in [6, 6.07) is 18.6. The summed E-state index contributed by atoms with van der Waals surface area (Å²) >= 11 is 1.96. The van der Waals surface area contributed by atoms with E-state index in [1.54, 1.807) is 24.3 Å². The smallest absolute Gasteiger partial charge is 0.416 e. The minimum Gasteiger partial charge on any atom is -0.497 e. The molecule has 3 amide bonds. The Labute approximate surface area is 276 Å². The summed E-state index contributed by atoms with van der Waals surface area (Å²) in [6.45, 7) is 5.74. The first-order valence-electron chi connectivity index (χ1n) is 14.7. The molecule has 3 heterocycles. The van der Waals surface area contributed by atoms with Crippen LogP contribution in [0.1, 0.15) is 48.3 Å². The number of benzene rings is 3. The van der Waals surface area contributed by atoms with Crippen molar-refractivity contribution in [3.05, 3.63) is 104 Å². The maximum atomic E-state index is 14.1. The summed E-state index contributed by atoms with van der Waals surface area (Å²) in [6.07, 6.45) is -4.59. The zero-order chi connectivity index (χ0) is 33.8. The third kappa shape index (κ3) is 6.09. The molecule has 8 nitrogen and oxygen atoms in total. The molecule has 1 N–H and O–H groups in total. The third-order valence-electron chi connectivity index (χ3n) is 8.29. The second-order valence-electron chi connectivity index (χ2n) is 12.4. The number of anilines is 2. The molecule has 1 saturated heterocycles. The molecule has 2 aliphatic heterocycles. The summed E-state index contributed by atoms with van der Waals surface area (Å²) < 4.78 is 46.1. The van der Waals surface area contributed by atoms with Crippen LogP contribution < -0.4 is 19.8 Å². The molecule has 1 fully saturated rings. The lowest BCUT2D eigenvalue weighted by Gasteiger charge is -2.31. The van der Waals surface area contributed by atoms with E-state index in [0.29, 0.717) is 21.3 Å². The van der Waals surface area contributed by atoms with Gasteiger partial charge in [-0.2, -0.15) is 13.2 Å². The number of thiazole rings is 1. The highest BCUT2D eigenvalue weighted by atomic mass is 32.2. The Bertz CT molecular complexity index is 1930. The first kappa shape index (κ1) is 32.6. The van der Waals surface area contributed by atoms with Gasteiger partial charge in [0.15, 0.2) is 0 Å². The molecule has 6 rings (SSSR count). The van der Waals surface area contributed by atoms with Gasteiger partial charge in [0, 0.05) is 16.5 Å². The number of methoxy groups -OCH3 is 1. The minimum absolute atomic E-state index is 0.0711. The number of imide groups is 1. The van der Waals surface area contributed by atoms with Crippen molar-refractivity contribution in [3.63, 3.8) is 0 Å². The normalized spacial score (nSPS) is 19.4. The molecule has 3 aromatic carbocycles. The fourth-order valence-corrected chi connectivity index (χ4v) is 8.68. The molecule has 4 aromatic rings. The van der Waals surface area contributed by atoms with Gasteiger partial charge in [-0.25, -0.2) is 4.90 Å². The maximum absolute atomic E-state index is 14.1. The number of carbonyl (C=O) groups is 3. The number of nitrogens with zero attached hydrogens (tertiary/aromatic N) is 2. The third-order valence-corrected chi connectivity index (χ3v) is 10.9. The van der Waals surface area contributed by atoms with Crippen LogP contribution in [0.4, 0.5) is 24.5 Å². The van der Waals surface area contributed by atoms with Gasteiger partial charge in [-0.1, -0.05) is 74.2 Å². The SMILES string of the molecule is COc1ccc(N2C(=O)C3Sc4c(sc(=O)n4CC(=O)Nc4cccc(C(F)(F)F)c4)C(c4ccc(C(C)(C)C)cc4)C3C2=O)cc1. The summed E-state index contributed by atoms with van der Waals surface area (Å²) in [4.78, 5) is 55.9. The van der Waals surface area contributed by atoms with Crippen LogP contribution in [-0.2, 0) is 32.5 Å². The molecular weight excluding hydrogens is 652 g/mol. The molecule has 0 saturated carbocycles. The average molecular weight is 682 g/mol. The number of thioether (sulfide) groups is 1. The van der Waals surface area contributed by atoms with E-state index in [4.69, 9.17) is 4.74 Å². The van der Waals surface area contributed by atoms with Crippen LogP contribution in [-0.4, -0.2) is 34.6 Å². The number of amides is 3. The van der Waals surface area contributed by atoms with Gasteiger partial charge in [0.05, 0.1) is 29.3 Å². The van der Waals surface area contributed by atoms with Gasteiger partial charge in [-0.3, -0.25) is 23.7 Å². The van der Waals surface area contributed by atoms with Crippen molar-refractivity contribution in [2.24, 2.45) is 5.92 Å². The quantitative estimate of drug-likeness (QED) is 0.229. The molecule has 244 valence electrons. The van der Waals surface area contributed by atoms with Crippen LogP contribution in [0.2, 0.25) is 0 Å². The fraction of sp³-hybridized carbons (Fsp3) is 0.294. The van der Waals surface area contributed by atoms with Gasteiger partial charge >= 0.3 is 11.0 Å². The van der Waals surface area contributed by atoms with E-state index < -0.39 is 58.0 Å². The number of aromatic nitrogens is 1. The van der Waals surface area contributed by atoms with E-state index in [2.05, 4.69) is 26.1 Å². The lowest BCUT2D eigenvalue weighted by atomic mass is 9.81. The highest BCUT2D eigenvalue weighted by Gasteiger charge is 2.56. The van der Waals surface area contributed by atoms with Gasteiger partial charge < -0.3 is 10.1 Å². The molecule has 13 heteroatoms.